The number of cyclic esters (lactones) is 1. The van der Waals surface area contributed by atoms with Gasteiger partial charge in [-0.15, -0.1) is 0 Å². The lowest BCUT2D eigenvalue weighted by atomic mass is 10.1. The molecular formula is C25H23N5O2. The Morgan fingerprint density at radius 3 is 2.44 bits per heavy atom. The van der Waals surface area contributed by atoms with Gasteiger partial charge in [0.1, 0.15) is 0 Å². The van der Waals surface area contributed by atoms with Gasteiger partial charge in [-0.1, -0.05) is 48.5 Å². The van der Waals surface area contributed by atoms with Crippen LogP contribution in [0.3, 0.4) is 0 Å². The highest BCUT2D eigenvalue weighted by Crippen LogP contribution is 2.21. The number of anilines is 1. The zero-order chi connectivity index (χ0) is 21.9. The number of para-hydroxylation sites is 1. The number of rotatable bonds is 3. The summed E-state index contributed by atoms with van der Waals surface area (Å²) in [5, 5.41) is 13.6. The summed E-state index contributed by atoms with van der Waals surface area (Å²) in [4.78, 5) is 20.9. The number of aliphatic imine (C=N–C) groups is 1. The fourth-order valence-corrected chi connectivity index (χ4v) is 3.83. The molecule has 0 amide bonds. The van der Waals surface area contributed by atoms with Crippen molar-refractivity contribution in [1.29, 1.82) is 5.41 Å². The summed E-state index contributed by atoms with van der Waals surface area (Å²) in [6, 6.07) is 23.6. The SMILES string of the molecule is N=C(Nc1ccccc1)N1CCN(/C=C2/N=C(c3ccc4ccccc4c3)OC2=O)CC1. The first-order valence-corrected chi connectivity index (χ1v) is 10.6. The lowest BCUT2D eigenvalue weighted by molar-refractivity contribution is -0.130. The van der Waals surface area contributed by atoms with Gasteiger partial charge in [0.05, 0.1) is 0 Å². The molecule has 0 radical (unpaired) electrons. The fraction of sp³-hybridized carbons (Fsp3) is 0.160. The molecule has 0 aromatic heterocycles. The van der Waals surface area contributed by atoms with Crippen molar-refractivity contribution < 1.29 is 9.53 Å². The average Bonchev–Trinajstić information content (AvgIpc) is 3.20. The number of nitrogens with zero attached hydrogens (tertiary/aromatic N) is 3. The molecule has 0 atom stereocenters. The maximum atomic E-state index is 12.4. The highest BCUT2D eigenvalue weighted by molar-refractivity contribution is 6.12. The Morgan fingerprint density at radius 2 is 1.66 bits per heavy atom. The van der Waals surface area contributed by atoms with E-state index in [9.17, 15) is 4.79 Å². The second-order valence-corrected chi connectivity index (χ2v) is 7.75. The number of nitrogens with one attached hydrogen (secondary N) is 2. The van der Waals surface area contributed by atoms with Gasteiger partial charge in [0, 0.05) is 43.6 Å². The molecule has 0 aliphatic carbocycles. The summed E-state index contributed by atoms with van der Waals surface area (Å²) in [6.45, 7) is 2.74. The third-order valence-corrected chi connectivity index (χ3v) is 5.59. The van der Waals surface area contributed by atoms with Crippen molar-refractivity contribution in [3.05, 3.63) is 90.3 Å². The zero-order valence-corrected chi connectivity index (χ0v) is 17.5. The van der Waals surface area contributed by atoms with Gasteiger partial charge in [-0.25, -0.2) is 9.79 Å². The first-order chi connectivity index (χ1) is 15.7. The molecule has 0 unspecified atom stereocenters. The molecule has 7 heteroatoms. The molecule has 2 aliphatic heterocycles. The largest absolute Gasteiger partial charge is 0.402 e. The monoisotopic (exact) mass is 425 g/mol. The minimum atomic E-state index is -0.436. The Labute approximate surface area is 186 Å². The molecule has 3 aromatic carbocycles. The van der Waals surface area contributed by atoms with Crippen molar-refractivity contribution in [2.75, 3.05) is 31.5 Å². The molecule has 0 bridgehead atoms. The number of ether oxygens (including phenoxy) is 1. The molecule has 2 aliphatic rings. The fourth-order valence-electron chi connectivity index (χ4n) is 3.83. The smallest absolute Gasteiger partial charge is 0.365 e. The predicted octanol–water partition coefficient (Wildman–Crippen LogP) is 3.65. The van der Waals surface area contributed by atoms with Crippen LogP contribution in [0.25, 0.3) is 10.8 Å². The third kappa shape index (κ3) is 4.18. The van der Waals surface area contributed by atoms with E-state index in [0.717, 1.165) is 22.0 Å². The van der Waals surface area contributed by atoms with Gasteiger partial charge in [-0.2, -0.15) is 0 Å². The molecule has 160 valence electrons. The number of guanidine groups is 1. The zero-order valence-electron chi connectivity index (χ0n) is 17.5. The van der Waals surface area contributed by atoms with E-state index in [4.69, 9.17) is 10.1 Å². The maximum absolute atomic E-state index is 12.4. The van der Waals surface area contributed by atoms with Crippen LogP contribution in [-0.4, -0.2) is 53.8 Å². The minimum Gasteiger partial charge on any atom is -0.402 e. The van der Waals surface area contributed by atoms with Crippen LogP contribution in [0.15, 0.2) is 89.7 Å². The molecule has 3 aromatic rings. The Hall–Kier alpha value is -4.13. The van der Waals surface area contributed by atoms with Gasteiger partial charge in [-0.05, 0) is 35.0 Å². The van der Waals surface area contributed by atoms with E-state index in [2.05, 4.69) is 15.2 Å². The van der Waals surface area contributed by atoms with Gasteiger partial charge < -0.3 is 19.9 Å². The average molecular weight is 425 g/mol. The summed E-state index contributed by atoms with van der Waals surface area (Å²) in [6.07, 6.45) is 1.77. The van der Waals surface area contributed by atoms with Crippen LogP contribution >= 0.6 is 0 Å². The third-order valence-electron chi connectivity index (χ3n) is 5.59. The van der Waals surface area contributed by atoms with E-state index in [1.807, 2.05) is 77.7 Å². The van der Waals surface area contributed by atoms with Gasteiger partial charge >= 0.3 is 5.97 Å². The molecule has 1 fully saturated rings. The summed E-state index contributed by atoms with van der Waals surface area (Å²) in [5.41, 5.74) is 1.98. The quantitative estimate of drug-likeness (QED) is 0.290. The lowest BCUT2D eigenvalue weighted by Gasteiger charge is -2.35. The highest BCUT2D eigenvalue weighted by Gasteiger charge is 2.26. The van der Waals surface area contributed by atoms with Gasteiger partial charge in [0.15, 0.2) is 11.7 Å². The van der Waals surface area contributed by atoms with E-state index in [1.165, 1.54) is 0 Å². The van der Waals surface area contributed by atoms with Crippen LogP contribution in [0, 0.1) is 5.41 Å². The van der Waals surface area contributed by atoms with Crippen LogP contribution in [0.5, 0.6) is 0 Å². The van der Waals surface area contributed by atoms with Crippen molar-refractivity contribution in [2.45, 2.75) is 0 Å². The number of esters is 1. The highest BCUT2D eigenvalue weighted by atomic mass is 16.6. The van der Waals surface area contributed by atoms with Crippen LogP contribution < -0.4 is 5.32 Å². The Balaban J connectivity index is 1.23. The van der Waals surface area contributed by atoms with E-state index in [0.29, 0.717) is 43.7 Å². The van der Waals surface area contributed by atoms with Crippen LogP contribution in [0.4, 0.5) is 5.69 Å². The van der Waals surface area contributed by atoms with Gasteiger partial charge in [0.25, 0.3) is 0 Å². The molecular weight excluding hydrogens is 402 g/mol. The minimum absolute atomic E-state index is 0.305. The van der Waals surface area contributed by atoms with Crippen molar-refractivity contribution in [3.63, 3.8) is 0 Å². The van der Waals surface area contributed by atoms with E-state index >= 15 is 0 Å². The van der Waals surface area contributed by atoms with Crippen LogP contribution in [0.1, 0.15) is 5.56 Å². The molecule has 2 N–H and O–H groups in total. The number of hydrogen-bond acceptors (Lipinski definition) is 5. The number of hydrogen-bond donors (Lipinski definition) is 2. The number of fused-ring (bicyclic) bond motifs is 1. The number of benzene rings is 3. The first kappa shape index (κ1) is 19.8. The molecule has 32 heavy (non-hydrogen) atoms. The second kappa shape index (κ2) is 8.55. The maximum Gasteiger partial charge on any atom is 0.365 e. The standard InChI is InChI=1S/C25H23N5O2/c26-25(27-21-8-2-1-3-9-21)30-14-12-29(13-15-30)17-22-24(31)32-23(28-22)20-11-10-18-6-4-5-7-19(18)16-20/h1-11,16-17H,12-15H2,(H2,26,27)/b22-17+. The van der Waals surface area contributed by atoms with Crippen LogP contribution in [-0.2, 0) is 9.53 Å². The first-order valence-electron chi connectivity index (χ1n) is 10.6. The summed E-state index contributed by atoms with van der Waals surface area (Å²) in [7, 11) is 0. The topological polar surface area (TPSA) is 81.0 Å². The molecule has 0 spiro atoms. The number of carbonyl (C=O) groups excluding carboxylic acids is 1. The van der Waals surface area contributed by atoms with E-state index in [-0.39, 0.29) is 0 Å². The van der Waals surface area contributed by atoms with Crippen molar-refractivity contribution in [1.82, 2.24) is 9.80 Å². The normalized spacial score (nSPS) is 17.4. The van der Waals surface area contributed by atoms with Crippen LogP contribution in [0.2, 0.25) is 0 Å². The number of piperazine rings is 1. The molecule has 1 saturated heterocycles. The Morgan fingerprint density at radius 1 is 0.938 bits per heavy atom. The molecule has 7 nitrogen and oxygen atoms in total. The lowest BCUT2D eigenvalue weighted by Crippen LogP contribution is -2.48. The van der Waals surface area contributed by atoms with E-state index < -0.39 is 5.97 Å². The summed E-state index contributed by atoms with van der Waals surface area (Å²) < 4.78 is 5.44. The second-order valence-electron chi connectivity index (χ2n) is 7.75. The van der Waals surface area contributed by atoms with Crippen molar-refractivity contribution in [2.24, 2.45) is 4.99 Å². The summed E-state index contributed by atoms with van der Waals surface area (Å²) >= 11 is 0. The Bertz CT molecular complexity index is 1230. The van der Waals surface area contributed by atoms with Gasteiger partial charge in [-0.3, -0.25) is 5.41 Å². The molecule has 2 heterocycles. The van der Waals surface area contributed by atoms with Gasteiger partial charge in [0.2, 0.25) is 5.90 Å². The molecule has 0 saturated carbocycles. The predicted molar refractivity (Wildman–Crippen MR) is 126 cm³/mol. The summed E-state index contributed by atoms with van der Waals surface area (Å²) in [5.74, 6) is 0.272. The molecule has 5 rings (SSSR count). The Kier molecular flexibility index (Phi) is 5.29. The van der Waals surface area contributed by atoms with Crippen molar-refractivity contribution >= 4 is 34.3 Å². The van der Waals surface area contributed by atoms with E-state index in [1.54, 1.807) is 6.20 Å². The van der Waals surface area contributed by atoms with Crippen molar-refractivity contribution in [3.8, 4) is 0 Å². The number of carbonyl (C=O) groups is 1.